The van der Waals surface area contributed by atoms with Crippen LogP contribution in [0.1, 0.15) is 32.6 Å². The quantitative estimate of drug-likeness (QED) is 0.498. The number of benzene rings is 3. The molecule has 7 nitrogen and oxygen atoms in total. The first kappa shape index (κ1) is 24.0. The summed E-state index contributed by atoms with van der Waals surface area (Å²) in [6, 6.07) is 18.2. The Balaban J connectivity index is 1.56. The first-order chi connectivity index (χ1) is 16.4. The molecule has 0 radical (unpaired) electrons. The van der Waals surface area contributed by atoms with Crippen molar-refractivity contribution in [3.8, 4) is 11.5 Å². The molecular weight excluding hydrogens is 452 g/mol. The molecule has 1 atom stereocenters. The molecule has 1 amide bonds. The van der Waals surface area contributed by atoms with E-state index in [4.69, 9.17) is 9.47 Å². The molecule has 180 valence electrons. The van der Waals surface area contributed by atoms with Gasteiger partial charge in [-0.1, -0.05) is 49.7 Å². The minimum atomic E-state index is -3.74. The summed E-state index contributed by atoms with van der Waals surface area (Å²) in [5.41, 5.74) is 0.376. The number of hydrogen-bond donors (Lipinski definition) is 1. The van der Waals surface area contributed by atoms with E-state index in [1.807, 2.05) is 49.4 Å². The summed E-state index contributed by atoms with van der Waals surface area (Å²) in [5, 5.41) is 4.78. The van der Waals surface area contributed by atoms with E-state index in [2.05, 4.69) is 5.32 Å². The van der Waals surface area contributed by atoms with E-state index in [0.29, 0.717) is 30.9 Å². The predicted octanol–water partition coefficient (Wildman–Crippen LogP) is 4.82. The van der Waals surface area contributed by atoms with E-state index in [9.17, 15) is 13.2 Å². The van der Waals surface area contributed by atoms with Crippen LogP contribution >= 0.6 is 0 Å². The molecule has 1 aliphatic rings. The Labute approximate surface area is 200 Å². The van der Waals surface area contributed by atoms with Crippen LogP contribution in [0, 0.1) is 0 Å². The lowest BCUT2D eigenvalue weighted by molar-refractivity contribution is -0.122. The first-order valence-corrected chi connectivity index (χ1v) is 13.0. The van der Waals surface area contributed by atoms with Gasteiger partial charge < -0.3 is 14.8 Å². The van der Waals surface area contributed by atoms with Gasteiger partial charge in [-0.3, -0.25) is 4.79 Å². The average molecular weight is 483 g/mol. The number of nitrogens with one attached hydrogen (secondary N) is 1. The molecule has 3 aromatic rings. The van der Waals surface area contributed by atoms with Crippen LogP contribution in [0.3, 0.4) is 0 Å². The summed E-state index contributed by atoms with van der Waals surface area (Å²) in [5.74, 6) is 0.535. The Bertz CT molecular complexity index is 1260. The summed E-state index contributed by atoms with van der Waals surface area (Å²) >= 11 is 0. The van der Waals surface area contributed by atoms with Crippen molar-refractivity contribution in [2.75, 3.05) is 25.5 Å². The number of piperidine rings is 1. The van der Waals surface area contributed by atoms with Crippen LogP contribution in [-0.4, -0.2) is 44.9 Å². The second-order valence-corrected chi connectivity index (χ2v) is 10.2. The molecule has 0 unspecified atom stereocenters. The van der Waals surface area contributed by atoms with Crippen molar-refractivity contribution in [3.05, 3.63) is 60.7 Å². The maximum atomic E-state index is 13.3. The molecule has 1 fully saturated rings. The molecule has 34 heavy (non-hydrogen) atoms. The van der Waals surface area contributed by atoms with Crippen molar-refractivity contribution < 1.29 is 22.7 Å². The number of hydrogen-bond acceptors (Lipinski definition) is 5. The van der Waals surface area contributed by atoms with Crippen LogP contribution in [0.15, 0.2) is 65.6 Å². The normalized spacial score (nSPS) is 15.6. The summed E-state index contributed by atoms with van der Waals surface area (Å²) < 4.78 is 39.4. The molecule has 1 saturated heterocycles. The van der Waals surface area contributed by atoms with E-state index in [-0.39, 0.29) is 16.6 Å². The van der Waals surface area contributed by atoms with Gasteiger partial charge in [-0.25, -0.2) is 8.42 Å². The lowest BCUT2D eigenvalue weighted by Gasteiger charge is -2.26. The fourth-order valence-corrected chi connectivity index (χ4v) is 5.90. The van der Waals surface area contributed by atoms with Crippen LogP contribution in [0.25, 0.3) is 10.8 Å². The van der Waals surface area contributed by atoms with Gasteiger partial charge in [-0.2, -0.15) is 4.31 Å². The summed E-state index contributed by atoms with van der Waals surface area (Å²) in [4.78, 5) is 13.1. The van der Waals surface area contributed by atoms with E-state index >= 15 is 0 Å². The number of ether oxygens (including phenoxy) is 2. The molecule has 1 heterocycles. The Morgan fingerprint density at radius 2 is 1.74 bits per heavy atom. The standard InChI is InChI=1S/C26H30N2O5S/c1-3-22(33-23-13-9-11-19-10-5-6-12-21(19)23)26(29)27-20-14-15-24(32-2)25(18-20)34(30,31)28-16-7-4-8-17-28/h5-6,9-15,18,22H,3-4,7-8,16-17H2,1-2H3,(H,27,29)/t22-/m0/s1. The second-order valence-electron chi connectivity index (χ2n) is 8.31. The highest BCUT2D eigenvalue weighted by Gasteiger charge is 2.29. The van der Waals surface area contributed by atoms with Gasteiger partial charge in [0.15, 0.2) is 6.10 Å². The SMILES string of the molecule is CC[C@H](Oc1cccc2ccccc12)C(=O)Nc1ccc(OC)c(S(=O)(=O)N2CCCCC2)c1. The number of rotatable bonds is 8. The minimum absolute atomic E-state index is 0.0534. The number of carbonyl (C=O) groups is 1. The third-order valence-corrected chi connectivity index (χ3v) is 7.97. The fourth-order valence-electron chi connectivity index (χ4n) is 4.20. The van der Waals surface area contributed by atoms with Crippen molar-refractivity contribution in [1.82, 2.24) is 4.31 Å². The number of carbonyl (C=O) groups excluding carboxylic acids is 1. The Morgan fingerprint density at radius 1 is 1.00 bits per heavy atom. The van der Waals surface area contributed by atoms with Crippen molar-refractivity contribution in [1.29, 1.82) is 0 Å². The largest absolute Gasteiger partial charge is 0.495 e. The number of amides is 1. The lowest BCUT2D eigenvalue weighted by atomic mass is 10.1. The molecular formula is C26H30N2O5S. The summed E-state index contributed by atoms with van der Waals surface area (Å²) in [6.45, 7) is 2.84. The maximum absolute atomic E-state index is 13.3. The lowest BCUT2D eigenvalue weighted by Crippen LogP contribution is -2.36. The second kappa shape index (κ2) is 10.4. The molecule has 0 aromatic heterocycles. The van der Waals surface area contributed by atoms with Crippen LogP contribution in [-0.2, 0) is 14.8 Å². The highest BCUT2D eigenvalue weighted by molar-refractivity contribution is 7.89. The number of methoxy groups -OCH3 is 1. The molecule has 1 aliphatic heterocycles. The molecule has 8 heteroatoms. The van der Waals surface area contributed by atoms with E-state index in [1.54, 1.807) is 12.1 Å². The third-order valence-electron chi connectivity index (χ3n) is 6.05. The van der Waals surface area contributed by atoms with Crippen LogP contribution in [0.4, 0.5) is 5.69 Å². The van der Waals surface area contributed by atoms with Gasteiger partial charge in [-0.05, 0) is 48.9 Å². The van der Waals surface area contributed by atoms with Crippen LogP contribution in [0.5, 0.6) is 11.5 Å². The molecule has 4 rings (SSSR count). The van der Waals surface area contributed by atoms with Gasteiger partial charge in [0.2, 0.25) is 10.0 Å². The highest BCUT2D eigenvalue weighted by atomic mass is 32.2. The van der Waals surface area contributed by atoms with Gasteiger partial charge in [0.25, 0.3) is 5.91 Å². The fraction of sp³-hybridized carbons (Fsp3) is 0.346. The molecule has 0 aliphatic carbocycles. The van der Waals surface area contributed by atoms with Gasteiger partial charge in [0, 0.05) is 24.2 Å². The summed E-state index contributed by atoms with van der Waals surface area (Å²) in [6.07, 6.45) is 2.40. The zero-order valence-corrected chi connectivity index (χ0v) is 20.3. The van der Waals surface area contributed by atoms with Crippen LogP contribution < -0.4 is 14.8 Å². The highest BCUT2D eigenvalue weighted by Crippen LogP contribution is 2.32. The number of sulfonamides is 1. The molecule has 1 N–H and O–H groups in total. The van der Waals surface area contributed by atoms with Crippen molar-refractivity contribution in [2.45, 2.75) is 43.6 Å². The summed E-state index contributed by atoms with van der Waals surface area (Å²) in [7, 11) is -2.30. The zero-order chi connectivity index (χ0) is 24.1. The van der Waals surface area contributed by atoms with Gasteiger partial charge in [-0.15, -0.1) is 0 Å². The number of fused-ring (bicyclic) bond motifs is 1. The van der Waals surface area contributed by atoms with Crippen LogP contribution in [0.2, 0.25) is 0 Å². The Kier molecular flexibility index (Phi) is 7.38. The first-order valence-electron chi connectivity index (χ1n) is 11.6. The van der Waals surface area contributed by atoms with E-state index in [1.165, 1.54) is 17.5 Å². The Hall–Kier alpha value is -3.10. The maximum Gasteiger partial charge on any atom is 0.265 e. The molecule has 0 spiro atoms. The number of anilines is 1. The number of nitrogens with zero attached hydrogens (tertiary/aromatic N) is 1. The monoisotopic (exact) mass is 482 g/mol. The van der Waals surface area contributed by atoms with Gasteiger partial charge >= 0.3 is 0 Å². The van der Waals surface area contributed by atoms with Crippen molar-refractivity contribution in [2.24, 2.45) is 0 Å². The average Bonchev–Trinajstić information content (AvgIpc) is 2.87. The molecule has 0 bridgehead atoms. The molecule has 0 saturated carbocycles. The van der Waals surface area contributed by atoms with Gasteiger partial charge in [0.1, 0.15) is 16.4 Å². The van der Waals surface area contributed by atoms with E-state index < -0.39 is 16.1 Å². The Morgan fingerprint density at radius 3 is 2.47 bits per heavy atom. The van der Waals surface area contributed by atoms with Gasteiger partial charge in [0.05, 0.1) is 7.11 Å². The van der Waals surface area contributed by atoms with Crippen molar-refractivity contribution in [3.63, 3.8) is 0 Å². The van der Waals surface area contributed by atoms with Crippen molar-refractivity contribution >= 4 is 32.4 Å². The third kappa shape index (κ3) is 5.03. The smallest absolute Gasteiger partial charge is 0.265 e. The minimum Gasteiger partial charge on any atom is -0.495 e. The zero-order valence-electron chi connectivity index (χ0n) is 19.5. The topological polar surface area (TPSA) is 84.9 Å². The van der Waals surface area contributed by atoms with E-state index in [0.717, 1.165) is 30.0 Å². The molecule has 3 aromatic carbocycles. The predicted molar refractivity (Wildman–Crippen MR) is 133 cm³/mol.